The molecule has 0 bridgehead atoms. The van der Waals surface area contributed by atoms with Crippen molar-refractivity contribution >= 4 is 17.6 Å². The van der Waals surface area contributed by atoms with Gasteiger partial charge in [0.05, 0.1) is 0 Å². The summed E-state index contributed by atoms with van der Waals surface area (Å²) in [5.74, 6) is 0. The molecule has 0 saturated heterocycles. The summed E-state index contributed by atoms with van der Waals surface area (Å²) in [6, 6.07) is 0. The predicted molar refractivity (Wildman–Crippen MR) is 30.6 cm³/mol. The van der Waals surface area contributed by atoms with Crippen molar-refractivity contribution in [3.63, 3.8) is 0 Å². The molecule has 0 aromatic rings. The Morgan fingerprint density at radius 1 is 1.80 bits per heavy atom. The molecule has 0 saturated carbocycles. The molecule has 0 spiro atoms. The maximum absolute atomic E-state index is 4.91. The molecule has 0 atom stereocenters. The molecule has 0 fully saturated rings. The zero-order valence-corrected chi connectivity index (χ0v) is 2.57. The molecular formula is C3H11GeN. The van der Waals surface area contributed by atoms with Crippen LogP contribution in [0.2, 0.25) is 0 Å². The van der Waals surface area contributed by atoms with E-state index < -0.39 is 0 Å². The fourth-order valence-electron chi connectivity index (χ4n) is 0. The van der Waals surface area contributed by atoms with Crippen LogP contribution >= 0.6 is 0 Å². The summed E-state index contributed by atoms with van der Waals surface area (Å²) in [5, 5.41) is 0. The molecule has 0 radical (unpaired) electrons. The van der Waals surface area contributed by atoms with Crippen LogP contribution in [0.3, 0.4) is 0 Å². The number of rotatable bonds is 1. The Balaban J connectivity index is 0. The predicted octanol–water partition coefficient (Wildman–Crippen LogP) is -1.32. The molecule has 0 unspecified atom stereocenters. The van der Waals surface area contributed by atoms with E-state index in [9.17, 15) is 0 Å². The third-order valence-corrected chi connectivity index (χ3v) is 0.167. The van der Waals surface area contributed by atoms with Crippen LogP contribution in [-0.4, -0.2) is 24.1 Å². The zero-order chi connectivity index (χ0) is 3.41. The molecule has 2 heteroatoms. The van der Waals surface area contributed by atoms with Crippen LogP contribution in [0, 0.1) is 0 Å². The summed E-state index contributed by atoms with van der Waals surface area (Å²) in [7, 11) is 0. The molecule has 0 aromatic carbocycles. The van der Waals surface area contributed by atoms with E-state index in [1.807, 2.05) is 0 Å². The van der Waals surface area contributed by atoms with Crippen LogP contribution in [0.1, 0.15) is 0 Å². The van der Waals surface area contributed by atoms with Crippen LogP contribution in [0.15, 0.2) is 12.7 Å². The zero-order valence-electron chi connectivity index (χ0n) is 2.57. The molecule has 0 heterocycles. The van der Waals surface area contributed by atoms with Gasteiger partial charge in [0.2, 0.25) is 0 Å². The molecule has 0 aliphatic rings. The van der Waals surface area contributed by atoms with Crippen molar-refractivity contribution in [2.75, 3.05) is 6.54 Å². The van der Waals surface area contributed by atoms with E-state index in [4.69, 9.17) is 5.73 Å². The molecule has 0 amide bonds. The van der Waals surface area contributed by atoms with Gasteiger partial charge in [-0.05, 0) is 0 Å². The Labute approximate surface area is 43.2 Å². The van der Waals surface area contributed by atoms with Gasteiger partial charge in [0.15, 0.2) is 0 Å². The second kappa shape index (κ2) is 8.87. The number of nitrogens with two attached hydrogens (primary N) is 1. The van der Waals surface area contributed by atoms with Gasteiger partial charge in [-0.2, -0.15) is 0 Å². The van der Waals surface area contributed by atoms with Crippen LogP contribution in [0.5, 0.6) is 0 Å². The van der Waals surface area contributed by atoms with E-state index >= 15 is 0 Å². The van der Waals surface area contributed by atoms with Crippen molar-refractivity contribution in [3.05, 3.63) is 12.7 Å². The second-order valence-corrected chi connectivity index (χ2v) is 0.524. The van der Waals surface area contributed by atoms with E-state index in [2.05, 4.69) is 6.58 Å². The van der Waals surface area contributed by atoms with Crippen molar-refractivity contribution in [1.29, 1.82) is 0 Å². The van der Waals surface area contributed by atoms with Crippen LogP contribution < -0.4 is 5.73 Å². The van der Waals surface area contributed by atoms with Crippen molar-refractivity contribution in [1.82, 2.24) is 0 Å². The van der Waals surface area contributed by atoms with Gasteiger partial charge in [0.25, 0.3) is 0 Å². The Bertz CT molecular complexity index is 20.9. The van der Waals surface area contributed by atoms with Gasteiger partial charge in [-0.1, -0.05) is 6.08 Å². The monoisotopic (exact) mass is 135 g/mol. The summed E-state index contributed by atoms with van der Waals surface area (Å²) < 4.78 is 0. The van der Waals surface area contributed by atoms with E-state index in [1.54, 1.807) is 6.08 Å². The minimum atomic E-state index is 0. The average molecular weight is 134 g/mol. The van der Waals surface area contributed by atoms with Crippen LogP contribution in [0.4, 0.5) is 0 Å². The van der Waals surface area contributed by atoms with Crippen molar-refractivity contribution in [2.24, 2.45) is 5.73 Å². The van der Waals surface area contributed by atoms with Crippen molar-refractivity contribution in [3.8, 4) is 0 Å². The first-order chi connectivity index (χ1) is 1.91. The van der Waals surface area contributed by atoms with E-state index in [0.717, 1.165) is 0 Å². The van der Waals surface area contributed by atoms with E-state index in [0.29, 0.717) is 6.54 Å². The van der Waals surface area contributed by atoms with Gasteiger partial charge in [0, 0.05) is 6.54 Å². The van der Waals surface area contributed by atoms with Gasteiger partial charge in [-0.25, -0.2) is 0 Å². The Kier molecular flexibility index (Phi) is 15.9. The molecule has 5 heavy (non-hydrogen) atoms. The summed E-state index contributed by atoms with van der Waals surface area (Å²) in [6.45, 7) is 3.94. The van der Waals surface area contributed by atoms with Gasteiger partial charge in [-0.15, -0.1) is 6.58 Å². The SMILES string of the molecule is C=CCN.[GeH4]. The summed E-state index contributed by atoms with van der Waals surface area (Å²) in [5.41, 5.74) is 4.91. The first-order valence-corrected chi connectivity index (χ1v) is 1.22. The molecule has 1 nitrogen and oxygen atoms in total. The van der Waals surface area contributed by atoms with Gasteiger partial charge >= 0.3 is 17.6 Å². The molecule has 0 aliphatic carbocycles. The Hall–Kier alpha value is 0.243. The second-order valence-electron chi connectivity index (χ2n) is 0.524. The molecular weight excluding hydrogens is 123 g/mol. The van der Waals surface area contributed by atoms with Gasteiger partial charge in [0.1, 0.15) is 0 Å². The molecule has 2 N–H and O–H groups in total. The molecule has 0 rings (SSSR count). The molecule has 0 aliphatic heterocycles. The van der Waals surface area contributed by atoms with Crippen LogP contribution in [0.25, 0.3) is 0 Å². The summed E-state index contributed by atoms with van der Waals surface area (Å²) >= 11 is 0. The van der Waals surface area contributed by atoms with Gasteiger partial charge < -0.3 is 5.73 Å². The first-order valence-electron chi connectivity index (χ1n) is 1.22. The fourth-order valence-corrected chi connectivity index (χ4v) is 0. The quantitative estimate of drug-likeness (QED) is 0.349. The third-order valence-electron chi connectivity index (χ3n) is 0.167. The Morgan fingerprint density at radius 2 is 2.00 bits per heavy atom. The van der Waals surface area contributed by atoms with Gasteiger partial charge in [-0.3, -0.25) is 0 Å². The van der Waals surface area contributed by atoms with E-state index in [1.165, 1.54) is 0 Å². The van der Waals surface area contributed by atoms with E-state index in [-0.39, 0.29) is 17.6 Å². The summed E-state index contributed by atoms with van der Waals surface area (Å²) in [4.78, 5) is 0. The third kappa shape index (κ3) is 13.8. The maximum atomic E-state index is 4.91. The molecule has 0 aromatic heterocycles. The number of hydrogen-bond acceptors (Lipinski definition) is 1. The van der Waals surface area contributed by atoms with Crippen molar-refractivity contribution in [2.45, 2.75) is 0 Å². The van der Waals surface area contributed by atoms with Crippen LogP contribution in [-0.2, 0) is 0 Å². The van der Waals surface area contributed by atoms with Crippen molar-refractivity contribution < 1.29 is 0 Å². The Morgan fingerprint density at radius 3 is 2.00 bits per heavy atom. The fraction of sp³-hybridized carbons (Fsp3) is 0.333. The number of hydrogen-bond donors (Lipinski definition) is 1. The average Bonchev–Trinajstić information content (AvgIpc) is 1.37. The first kappa shape index (κ1) is 8.97. The topological polar surface area (TPSA) is 26.0 Å². The summed E-state index contributed by atoms with van der Waals surface area (Å²) in [6.07, 6.45) is 1.65. The standard InChI is InChI=1S/C3H7N.GeH4/c1-2-3-4;/h2H,1,3-4H2;1H4. The molecule has 32 valence electrons. The normalized spacial score (nSPS) is 5.00. The minimum absolute atomic E-state index is 0.